The van der Waals surface area contributed by atoms with Gasteiger partial charge < -0.3 is 19.5 Å². The number of nitrogens with zero attached hydrogens (tertiary/aromatic N) is 1. The van der Waals surface area contributed by atoms with E-state index in [1.807, 2.05) is 24.3 Å². The Morgan fingerprint density at radius 2 is 1.78 bits per heavy atom. The Morgan fingerprint density at radius 1 is 1.04 bits per heavy atom. The van der Waals surface area contributed by atoms with Crippen LogP contribution in [0.3, 0.4) is 0 Å². The van der Waals surface area contributed by atoms with Gasteiger partial charge in [0.05, 0.1) is 33.6 Å². The number of nitrogens with one attached hydrogen (secondary N) is 1. The predicted molar refractivity (Wildman–Crippen MR) is 105 cm³/mol. The molecule has 6 nitrogen and oxygen atoms in total. The van der Waals surface area contributed by atoms with Crippen LogP contribution < -0.4 is 19.5 Å². The molecule has 144 valence electrons. The number of methoxy groups -OCH3 is 3. The van der Waals surface area contributed by atoms with Crippen LogP contribution in [-0.4, -0.2) is 44.7 Å². The van der Waals surface area contributed by atoms with Crippen molar-refractivity contribution in [2.75, 3.05) is 33.2 Å². The lowest BCUT2D eigenvalue weighted by Crippen LogP contribution is -2.34. The standard InChI is InChI=1S/C21H26N2O4/c1-25-17-10-11-20(27-3)18(12-17)22-21(24)14-23(16-8-9-16)13-15-6-4-5-7-19(15)26-2/h4-7,10-12,16H,8-9,13-14H2,1-3H3,(H,22,24). The van der Waals surface area contributed by atoms with Crippen LogP contribution >= 0.6 is 0 Å². The summed E-state index contributed by atoms with van der Waals surface area (Å²) in [4.78, 5) is 14.9. The van der Waals surface area contributed by atoms with Crippen LogP contribution in [0.15, 0.2) is 42.5 Å². The highest BCUT2D eigenvalue weighted by Gasteiger charge is 2.31. The zero-order valence-corrected chi connectivity index (χ0v) is 16.0. The monoisotopic (exact) mass is 370 g/mol. The zero-order valence-electron chi connectivity index (χ0n) is 16.0. The van der Waals surface area contributed by atoms with E-state index < -0.39 is 0 Å². The Hall–Kier alpha value is -2.73. The molecule has 27 heavy (non-hydrogen) atoms. The molecule has 6 heteroatoms. The van der Waals surface area contributed by atoms with Crippen molar-refractivity contribution in [2.24, 2.45) is 0 Å². The Kier molecular flexibility index (Phi) is 6.19. The summed E-state index contributed by atoms with van der Waals surface area (Å²) in [5.74, 6) is 2.03. The van der Waals surface area contributed by atoms with Gasteiger partial charge in [-0.25, -0.2) is 0 Å². The molecule has 2 aromatic rings. The first-order valence-corrected chi connectivity index (χ1v) is 9.02. The molecule has 0 spiro atoms. The van der Waals surface area contributed by atoms with E-state index in [1.165, 1.54) is 0 Å². The molecular weight excluding hydrogens is 344 g/mol. The van der Waals surface area contributed by atoms with Crippen molar-refractivity contribution in [3.05, 3.63) is 48.0 Å². The van der Waals surface area contributed by atoms with Gasteiger partial charge >= 0.3 is 0 Å². The summed E-state index contributed by atoms with van der Waals surface area (Å²) < 4.78 is 16.0. The fraction of sp³-hybridized carbons (Fsp3) is 0.381. The molecule has 0 aromatic heterocycles. The van der Waals surface area contributed by atoms with Crippen molar-refractivity contribution in [1.29, 1.82) is 0 Å². The van der Waals surface area contributed by atoms with E-state index in [1.54, 1.807) is 39.5 Å². The smallest absolute Gasteiger partial charge is 0.238 e. The average molecular weight is 370 g/mol. The lowest BCUT2D eigenvalue weighted by atomic mass is 10.2. The van der Waals surface area contributed by atoms with Gasteiger partial charge in [0.25, 0.3) is 0 Å². The quantitative estimate of drug-likeness (QED) is 0.734. The van der Waals surface area contributed by atoms with E-state index >= 15 is 0 Å². The minimum absolute atomic E-state index is 0.0802. The number of carbonyl (C=O) groups is 1. The molecule has 0 radical (unpaired) electrons. The second-order valence-electron chi connectivity index (χ2n) is 6.56. The van der Waals surface area contributed by atoms with Crippen molar-refractivity contribution in [1.82, 2.24) is 4.90 Å². The van der Waals surface area contributed by atoms with Gasteiger partial charge in [-0.2, -0.15) is 0 Å². The predicted octanol–water partition coefficient (Wildman–Crippen LogP) is 3.32. The van der Waals surface area contributed by atoms with Gasteiger partial charge in [-0.3, -0.25) is 9.69 Å². The topological polar surface area (TPSA) is 60.0 Å². The second-order valence-corrected chi connectivity index (χ2v) is 6.56. The molecule has 0 heterocycles. The summed E-state index contributed by atoms with van der Waals surface area (Å²) in [7, 11) is 4.84. The maximum atomic E-state index is 12.7. The number of hydrogen-bond donors (Lipinski definition) is 1. The number of anilines is 1. The Morgan fingerprint density at radius 3 is 2.44 bits per heavy atom. The third-order valence-corrected chi connectivity index (χ3v) is 4.66. The molecule has 2 aromatic carbocycles. The first-order valence-electron chi connectivity index (χ1n) is 9.02. The first-order chi connectivity index (χ1) is 13.1. The van der Waals surface area contributed by atoms with Crippen LogP contribution in [0.5, 0.6) is 17.2 Å². The minimum atomic E-state index is -0.0802. The lowest BCUT2D eigenvalue weighted by Gasteiger charge is -2.23. The molecule has 1 amide bonds. The zero-order chi connectivity index (χ0) is 19.2. The maximum Gasteiger partial charge on any atom is 0.238 e. The minimum Gasteiger partial charge on any atom is -0.497 e. The van der Waals surface area contributed by atoms with Gasteiger partial charge in [-0.05, 0) is 31.0 Å². The molecule has 0 aliphatic heterocycles. The van der Waals surface area contributed by atoms with Gasteiger partial charge in [-0.15, -0.1) is 0 Å². The molecule has 3 rings (SSSR count). The van der Waals surface area contributed by atoms with Crippen LogP contribution in [0.4, 0.5) is 5.69 Å². The van der Waals surface area contributed by atoms with Crippen molar-refractivity contribution in [2.45, 2.75) is 25.4 Å². The second kappa shape index (κ2) is 8.77. The number of hydrogen-bond acceptors (Lipinski definition) is 5. The molecule has 0 atom stereocenters. The molecular formula is C21H26N2O4. The van der Waals surface area contributed by atoms with Gasteiger partial charge in [0.2, 0.25) is 5.91 Å². The summed E-state index contributed by atoms with van der Waals surface area (Å²) in [5.41, 5.74) is 1.69. The summed E-state index contributed by atoms with van der Waals surface area (Å²) in [6, 6.07) is 13.7. The molecule has 1 fully saturated rings. The van der Waals surface area contributed by atoms with Crippen LogP contribution in [0, 0.1) is 0 Å². The highest BCUT2D eigenvalue weighted by Crippen LogP contribution is 2.31. The number of amides is 1. The van der Waals surface area contributed by atoms with Gasteiger partial charge in [0, 0.05) is 24.2 Å². The third-order valence-electron chi connectivity index (χ3n) is 4.66. The number of benzene rings is 2. The Labute approximate surface area is 160 Å². The number of ether oxygens (including phenoxy) is 3. The maximum absolute atomic E-state index is 12.7. The van der Waals surface area contributed by atoms with Gasteiger partial charge in [0.1, 0.15) is 17.2 Å². The van der Waals surface area contributed by atoms with E-state index in [4.69, 9.17) is 14.2 Å². The molecule has 0 unspecified atom stereocenters. The molecule has 1 saturated carbocycles. The fourth-order valence-corrected chi connectivity index (χ4v) is 3.09. The van der Waals surface area contributed by atoms with E-state index in [9.17, 15) is 4.79 Å². The van der Waals surface area contributed by atoms with Crippen molar-refractivity contribution < 1.29 is 19.0 Å². The highest BCUT2D eigenvalue weighted by atomic mass is 16.5. The summed E-state index contributed by atoms with van der Waals surface area (Å²) in [5, 5.41) is 2.95. The van der Waals surface area contributed by atoms with E-state index in [0.29, 0.717) is 36.3 Å². The number of para-hydroxylation sites is 1. The van der Waals surface area contributed by atoms with E-state index in [0.717, 1.165) is 24.2 Å². The van der Waals surface area contributed by atoms with Crippen molar-refractivity contribution in [3.8, 4) is 17.2 Å². The number of carbonyl (C=O) groups excluding carboxylic acids is 1. The first kappa shape index (κ1) is 19.0. The van der Waals surface area contributed by atoms with E-state index in [2.05, 4.69) is 10.2 Å². The van der Waals surface area contributed by atoms with Crippen LogP contribution in [-0.2, 0) is 11.3 Å². The Balaban J connectivity index is 1.69. The lowest BCUT2D eigenvalue weighted by molar-refractivity contribution is -0.117. The third kappa shape index (κ3) is 4.92. The highest BCUT2D eigenvalue weighted by molar-refractivity contribution is 5.94. The summed E-state index contributed by atoms with van der Waals surface area (Å²) >= 11 is 0. The van der Waals surface area contributed by atoms with Crippen LogP contribution in [0.25, 0.3) is 0 Å². The average Bonchev–Trinajstić information content (AvgIpc) is 3.53. The summed E-state index contributed by atoms with van der Waals surface area (Å²) in [6.07, 6.45) is 2.23. The molecule has 0 saturated heterocycles. The number of rotatable bonds is 9. The van der Waals surface area contributed by atoms with Gasteiger partial charge in [-0.1, -0.05) is 18.2 Å². The van der Waals surface area contributed by atoms with Gasteiger partial charge in [0.15, 0.2) is 0 Å². The Bertz CT molecular complexity index is 790. The summed E-state index contributed by atoms with van der Waals surface area (Å²) in [6.45, 7) is 0.987. The van der Waals surface area contributed by atoms with E-state index in [-0.39, 0.29) is 5.91 Å². The molecule has 1 aliphatic carbocycles. The molecule has 1 N–H and O–H groups in total. The van der Waals surface area contributed by atoms with Crippen LogP contribution in [0.1, 0.15) is 18.4 Å². The van der Waals surface area contributed by atoms with Crippen LogP contribution in [0.2, 0.25) is 0 Å². The SMILES string of the molecule is COc1ccc(OC)c(NC(=O)CN(Cc2ccccc2OC)C2CC2)c1. The largest absolute Gasteiger partial charge is 0.497 e. The fourth-order valence-electron chi connectivity index (χ4n) is 3.09. The molecule has 1 aliphatic rings. The van der Waals surface area contributed by atoms with Crippen molar-refractivity contribution >= 4 is 11.6 Å². The molecule has 0 bridgehead atoms. The van der Waals surface area contributed by atoms with Crippen molar-refractivity contribution in [3.63, 3.8) is 0 Å². The normalized spacial score (nSPS) is 13.3.